The maximum absolute atomic E-state index is 13.4. The van der Waals surface area contributed by atoms with Gasteiger partial charge in [0, 0.05) is 51.9 Å². The second kappa shape index (κ2) is 9.69. The van der Waals surface area contributed by atoms with Crippen molar-refractivity contribution in [3.8, 4) is 0 Å². The minimum absolute atomic E-state index is 0.0953. The highest BCUT2D eigenvalue weighted by molar-refractivity contribution is 5.94. The molecule has 4 heterocycles. The number of aromatic nitrogens is 2. The van der Waals surface area contributed by atoms with Crippen LogP contribution in [0.4, 0.5) is 0 Å². The van der Waals surface area contributed by atoms with Crippen molar-refractivity contribution >= 4 is 11.6 Å². The van der Waals surface area contributed by atoms with Crippen LogP contribution < -0.4 is 0 Å². The summed E-state index contributed by atoms with van der Waals surface area (Å²) in [6.45, 7) is 6.24. The Kier molecular flexibility index (Phi) is 6.79. The van der Waals surface area contributed by atoms with E-state index in [2.05, 4.69) is 9.88 Å². The first kappa shape index (κ1) is 20.3. The summed E-state index contributed by atoms with van der Waals surface area (Å²) in [4.78, 5) is 22.1. The minimum atomic E-state index is 0.0953. The van der Waals surface area contributed by atoms with E-state index in [1.54, 1.807) is 13.3 Å². The van der Waals surface area contributed by atoms with E-state index in [1.807, 2.05) is 33.8 Å². The highest BCUT2D eigenvalue weighted by Crippen LogP contribution is 2.22. The van der Waals surface area contributed by atoms with Crippen molar-refractivity contribution in [3.05, 3.63) is 36.3 Å². The van der Waals surface area contributed by atoms with Gasteiger partial charge in [-0.05, 0) is 56.8 Å². The lowest BCUT2D eigenvalue weighted by Gasteiger charge is -2.35. The summed E-state index contributed by atoms with van der Waals surface area (Å²) in [5.41, 5.74) is 1.57. The molecule has 0 spiro atoms. The SMILES string of the molecule is COCCN1CCC(CN(C[C@H]2CCCO2)C(=O)c2ccc3nccn3c2)CC1. The molecule has 2 fully saturated rings. The topological polar surface area (TPSA) is 59.3 Å². The molecular formula is C22H32N4O3. The smallest absolute Gasteiger partial charge is 0.255 e. The van der Waals surface area contributed by atoms with Gasteiger partial charge in [-0.1, -0.05) is 0 Å². The molecular weight excluding hydrogens is 368 g/mol. The number of pyridine rings is 1. The summed E-state index contributed by atoms with van der Waals surface area (Å²) in [5, 5.41) is 0. The highest BCUT2D eigenvalue weighted by atomic mass is 16.5. The molecule has 2 aliphatic rings. The Morgan fingerprint density at radius 2 is 2.14 bits per heavy atom. The number of rotatable bonds is 8. The first-order valence-corrected chi connectivity index (χ1v) is 10.8. The Labute approximate surface area is 172 Å². The average Bonchev–Trinajstić information content (AvgIpc) is 3.43. The van der Waals surface area contributed by atoms with Crippen molar-refractivity contribution in [1.29, 1.82) is 0 Å². The fourth-order valence-corrected chi connectivity index (χ4v) is 4.43. The lowest BCUT2D eigenvalue weighted by molar-refractivity contribution is 0.0436. The van der Waals surface area contributed by atoms with E-state index in [-0.39, 0.29) is 12.0 Å². The lowest BCUT2D eigenvalue weighted by Crippen LogP contribution is -2.44. The molecule has 0 unspecified atom stereocenters. The maximum Gasteiger partial charge on any atom is 0.255 e. The number of piperidine rings is 1. The fourth-order valence-electron chi connectivity index (χ4n) is 4.43. The van der Waals surface area contributed by atoms with Crippen LogP contribution in [0.5, 0.6) is 0 Å². The number of methoxy groups -OCH3 is 1. The normalized spacial score (nSPS) is 21.1. The molecule has 4 rings (SSSR count). The number of amides is 1. The molecule has 1 amide bonds. The second-order valence-electron chi connectivity index (χ2n) is 8.23. The van der Waals surface area contributed by atoms with E-state index in [0.717, 1.165) is 70.7 Å². The Bertz CT molecular complexity index is 794. The second-order valence-corrected chi connectivity index (χ2v) is 8.23. The third kappa shape index (κ3) is 5.15. The summed E-state index contributed by atoms with van der Waals surface area (Å²) >= 11 is 0. The van der Waals surface area contributed by atoms with Crippen molar-refractivity contribution in [1.82, 2.24) is 19.2 Å². The zero-order valence-electron chi connectivity index (χ0n) is 17.3. The summed E-state index contributed by atoms with van der Waals surface area (Å²) < 4.78 is 13.0. The molecule has 158 valence electrons. The number of carbonyl (C=O) groups excluding carboxylic acids is 1. The van der Waals surface area contributed by atoms with Gasteiger partial charge < -0.3 is 23.7 Å². The minimum Gasteiger partial charge on any atom is -0.383 e. The molecule has 0 N–H and O–H groups in total. The first-order chi connectivity index (χ1) is 14.2. The average molecular weight is 401 g/mol. The summed E-state index contributed by atoms with van der Waals surface area (Å²) in [5.74, 6) is 0.633. The van der Waals surface area contributed by atoms with Crippen molar-refractivity contribution in [2.24, 2.45) is 5.92 Å². The number of nitrogens with zero attached hydrogens (tertiary/aromatic N) is 4. The van der Waals surface area contributed by atoms with Gasteiger partial charge in [-0.2, -0.15) is 0 Å². The number of fused-ring (bicyclic) bond motifs is 1. The van der Waals surface area contributed by atoms with Gasteiger partial charge in [-0.3, -0.25) is 4.79 Å². The van der Waals surface area contributed by atoms with Crippen LogP contribution in [-0.2, 0) is 9.47 Å². The van der Waals surface area contributed by atoms with Gasteiger partial charge in [0.15, 0.2) is 0 Å². The molecule has 7 heteroatoms. The van der Waals surface area contributed by atoms with Crippen molar-refractivity contribution in [2.75, 3.05) is 53.0 Å². The molecule has 29 heavy (non-hydrogen) atoms. The van der Waals surface area contributed by atoms with Crippen molar-refractivity contribution in [3.63, 3.8) is 0 Å². The van der Waals surface area contributed by atoms with Crippen LogP contribution in [0.15, 0.2) is 30.7 Å². The largest absolute Gasteiger partial charge is 0.383 e. The third-order valence-electron chi connectivity index (χ3n) is 6.17. The van der Waals surface area contributed by atoms with Crippen molar-refractivity contribution in [2.45, 2.75) is 31.8 Å². The maximum atomic E-state index is 13.4. The van der Waals surface area contributed by atoms with Gasteiger partial charge in [-0.25, -0.2) is 4.98 Å². The summed E-state index contributed by atoms with van der Waals surface area (Å²) in [6.07, 6.45) is 10.1. The van der Waals surface area contributed by atoms with E-state index in [1.165, 1.54) is 0 Å². The Morgan fingerprint density at radius 3 is 2.90 bits per heavy atom. The van der Waals surface area contributed by atoms with E-state index < -0.39 is 0 Å². The summed E-state index contributed by atoms with van der Waals surface area (Å²) in [7, 11) is 1.75. The van der Waals surface area contributed by atoms with Crippen LogP contribution in [0, 0.1) is 5.92 Å². The van der Waals surface area contributed by atoms with E-state index in [9.17, 15) is 4.79 Å². The molecule has 2 aliphatic heterocycles. The van der Waals surface area contributed by atoms with Crippen LogP contribution in [-0.4, -0.2) is 84.2 Å². The fraction of sp³-hybridized carbons (Fsp3) is 0.636. The Balaban J connectivity index is 1.42. The highest BCUT2D eigenvalue weighted by Gasteiger charge is 2.28. The number of likely N-dealkylation sites (tertiary alicyclic amines) is 1. The summed E-state index contributed by atoms with van der Waals surface area (Å²) in [6, 6.07) is 3.80. The quantitative estimate of drug-likeness (QED) is 0.681. The van der Waals surface area contributed by atoms with Crippen molar-refractivity contribution < 1.29 is 14.3 Å². The van der Waals surface area contributed by atoms with Crippen LogP contribution in [0.2, 0.25) is 0 Å². The van der Waals surface area contributed by atoms with Gasteiger partial charge >= 0.3 is 0 Å². The van der Waals surface area contributed by atoms with Gasteiger partial charge in [0.2, 0.25) is 0 Å². The number of carbonyl (C=O) groups is 1. The monoisotopic (exact) mass is 400 g/mol. The van der Waals surface area contributed by atoms with Gasteiger partial charge in [0.05, 0.1) is 18.3 Å². The van der Waals surface area contributed by atoms with Gasteiger partial charge in [-0.15, -0.1) is 0 Å². The van der Waals surface area contributed by atoms with Gasteiger partial charge in [0.1, 0.15) is 5.65 Å². The number of hydrogen-bond donors (Lipinski definition) is 0. The zero-order valence-corrected chi connectivity index (χ0v) is 17.3. The molecule has 0 bridgehead atoms. The Hall–Kier alpha value is -1.96. The van der Waals surface area contributed by atoms with E-state index in [0.29, 0.717) is 18.0 Å². The van der Waals surface area contributed by atoms with Crippen LogP contribution in [0.1, 0.15) is 36.0 Å². The predicted molar refractivity (Wildman–Crippen MR) is 111 cm³/mol. The van der Waals surface area contributed by atoms with E-state index >= 15 is 0 Å². The van der Waals surface area contributed by atoms with Gasteiger partial charge in [0.25, 0.3) is 5.91 Å². The Morgan fingerprint density at radius 1 is 1.28 bits per heavy atom. The predicted octanol–water partition coefficient (Wildman–Crippen LogP) is 2.31. The zero-order chi connectivity index (χ0) is 20.1. The van der Waals surface area contributed by atoms with Crippen LogP contribution in [0.25, 0.3) is 5.65 Å². The first-order valence-electron chi connectivity index (χ1n) is 10.8. The lowest BCUT2D eigenvalue weighted by atomic mass is 9.95. The molecule has 0 aliphatic carbocycles. The number of ether oxygens (including phenoxy) is 2. The third-order valence-corrected chi connectivity index (χ3v) is 6.17. The molecule has 2 aromatic heterocycles. The molecule has 2 aromatic rings. The standard InChI is InChI=1S/C22H32N4O3/c1-28-14-12-24-9-6-18(7-10-24)15-26(17-20-3-2-13-29-20)22(27)19-4-5-21-23-8-11-25(21)16-19/h4-5,8,11,16,18,20H,2-3,6-7,9-10,12-15,17H2,1H3/t20-/m1/s1. The van der Waals surface area contributed by atoms with E-state index in [4.69, 9.17) is 9.47 Å². The molecule has 0 saturated carbocycles. The molecule has 7 nitrogen and oxygen atoms in total. The number of hydrogen-bond acceptors (Lipinski definition) is 5. The molecule has 2 saturated heterocycles. The number of imidazole rings is 1. The van der Waals surface area contributed by atoms with Crippen LogP contribution in [0.3, 0.4) is 0 Å². The van der Waals surface area contributed by atoms with Crippen LogP contribution >= 0.6 is 0 Å². The molecule has 0 aromatic carbocycles. The molecule has 0 radical (unpaired) electrons. The molecule has 1 atom stereocenters.